The van der Waals surface area contributed by atoms with Gasteiger partial charge in [0.15, 0.2) is 0 Å². The van der Waals surface area contributed by atoms with Gasteiger partial charge in [-0.25, -0.2) is 4.98 Å². The number of hydrogen-bond donors (Lipinski definition) is 0. The molecule has 0 N–H and O–H groups in total. The fraction of sp³-hybridized carbons (Fsp3) is 0.476. The molecule has 1 aliphatic carbocycles. The van der Waals surface area contributed by atoms with Crippen LogP contribution in [0, 0.1) is 0 Å². The van der Waals surface area contributed by atoms with Gasteiger partial charge in [-0.05, 0) is 26.7 Å². The first-order valence-corrected chi connectivity index (χ1v) is 9.75. The molecule has 0 atom stereocenters. The van der Waals surface area contributed by atoms with E-state index < -0.39 is 0 Å². The van der Waals surface area contributed by atoms with Crippen LogP contribution in [0.25, 0.3) is 17.0 Å². The van der Waals surface area contributed by atoms with Crippen LogP contribution in [0.1, 0.15) is 39.5 Å². The van der Waals surface area contributed by atoms with Crippen molar-refractivity contribution in [3.63, 3.8) is 0 Å². The molecule has 3 heterocycles. The third-order valence-electron chi connectivity index (χ3n) is 5.68. The molecule has 5 rings (SSSR count). The van der Waals surface area contributed by atoms with E-state index in [0.717, 1.165) is 43.0 Å². The van der Waals surface area contributed by atoms with E-state index in [4.69, 9.17) is 9.72 Å². The number of hydrogen-bond acceptors (Lipinski definition) is 5. The summed E-state index contributed by atoms with van der Waals surface area (Å²) in [5, 5.41) is 4.45. The van der Waals surface area contributed by atoms with Crippen LogP contribution >= 0.6 is 0 Å². The van der Waals surface area contributed by atoms with Crippen molar-refractivity contribution < 1.29 is 4.74 Å². The Balaban J connectivity index is 1.62. The first-order chi connectivity index (χ1) is 13.0. The van der Waals surface area contributed by atoms with Crippen LogP contribution in [0.2, 0.25) is 0 Å². The Morgan fingerprint density at radius 2 is 1.81 bits per heavy atom. The first-order valence-electron chi connectivity index (χ1n) is 9.75. The largest absolute Gasteiger partial charge is 0.365 e. The van der Waals surface area contributed by atoms with Crippen molar-refractivity contribution in [1.29, 1.82) is 0 Å². The van der Waals surface area contributed by atoms with Gasteiger partial charge in [0.2, 0.25) is 0 Å². The summed E-state index contributed by atoms with van der Waals surface area (Å²) in [5.41, 5.74) is 1.76. The van der Waals surface area contributed by atoms with E-state index in [2.05, 4.69) is 47.0 Å². The van der Waals surface area contributed by atoms with E-state index in [1.54, 1.807) is 6.33 Å². The SMILES string of the molecule is CC1(C)CN(c2cc(-c3ccccc3)nc3ncnn23)CC2(CCCC2)O1. The predicted octanol–water partition coefficient (Wildman–Crippen LogP) is 3.72. The highest BCUT2D eigenvalue weighted by Gasteiger charge is 2.46. The molecule has 6 nitrogen and oxygen atoms in total. The smallest absolute Gasteiger partial charge is 0.254 e. The molecule has 27 heavy (non-hydrogen) atoms. The zero-order chi connectivity index (χ0) is 18.5. The van der Waals surface area contributed by atoms with Gasteiger partial charge in [0.25, 0.3) is 5.78 Å². The minimum absolute atomic E-state index is 0.0508. The lowest BCUT2D eigenvalue weighted by Gasteiger charge is -2.49. The summed E-state index contributed by atoms with van der Waals surface area (Å²) in [7, 11) is 0. The molecule has 0 amide bonds. The van der Waals surface area contributed by atoms with Gasteiger partial charge in [0.1, 0.15) is 12.1 Å². The number of morpholine rings is 1. The highest BCUT2D eigenvalue weighted by atomic mass is 16.5. The molecule has 2 aliphatic rings. The minimum atomic E-state index is -0.203. The minimum Gasteiger partial charge on any atom is -0.365 e. The Kier molecular flexibility index (Phi) is 3.72. The first kappa shape index (κ1) is 16.7. The van der Waals surface area contributed by atoms with Gasteiger partial charge in [0, 0.05) is 24.7 Å². The molecule has 0 radical (unpaired) electrons. The highest BCUT2D eigenvalue weighted by molar-refractivity contribution is 5.66. The average Bonchev–Trinajstić information content (AvgIpc) is 3.29. The van der Waals surface area contributed by atoms with Gasteiger partial charge < -0.3 is 9.64 Å². The number of anilines is 1. The summed E-state index contributed by atoms with van der Waals surface area (Å²) in [5.74, 6) is 1.68. The lowest BCUT2D eigenvalue weighted by atomic mass is 9.94. The van der Waals surface area contributed by atoms with Crippen molar-refractivity contribution in [2.75, 3.05) is 18.0 Å². The van der Waals surface area contributed by atoms with Crippen LogP contribution in [-0.2, 0) is 4.74 Å². The van der Waals surface area contributed by atoms with Crippen LogP contribution in [-0.4, -0.2) is 43.9 Å². The van der Waals surface area contributed by atoms with Crippen molar-refractivity contribution in [3.8, 4) is 11.3 Å². The number of ether oxygens (including phenoxy) is 1. The van der Waals surface area contributed by atoms with Gasteiger partial charge in [-0.1, -0.05) is 43.2 Å². The van der Waals surface area contributed by atoms with Gasteiger partial charge in [-0.2, -0.15) is 14.6 Å². The number of fused-ring (bicyclic) bond motifs is 1. The van der Waals surface area contributed by atoms with E-state index in [9.17, 15) is 0 Å². The van der Waals surface area contributed by atoms with Gasteiger partial charge in [-0.3, -0.25) is 0 Å². The zero-order valence-electron chi connectivity index (χ0n) is 15.9. The molecule has 0 unspecified atom stereocenters. The quantitative estimate of drug-likeness (QED) is 0.695. The van der Waals surface area contributed by atoms with Crippen LogP contribution < -0.4 is 4.90 Å². The zero-order valence-corrected chi connectivity index (χ0v) is 15.9. The molecule has 6 heteroatoms. The molecule has 1 aromatic carbocycles. The number of rotatable bonds is 2. The standard InChI is InChI=1S/C21H25N5O/c1-20(2)13-25(14-21(27-20)10-6-7-11-21)18-12-17(16-8-4-3-5-9-16)24-19-22-15-23-26(18)19/h3-5,8-9,12,15H,6-7,10-11,13-14H2,1-2H3. The monoisotopic (exact) mass is 363 g/mol. The normalized spacial score (nSPS) is 21.2. The van der Waals surface area contributed by atoms with Crippen LogP contribution in [0.3, 0.4) is 0 Å². The molecule has 2 fully saturated rings. The van der Waals surface area contributed by atoms with Crippen LogP contribution in [0.4, 0.5) is 5.82 Å². The number of nitrogens with zero attached hydrogens (tertiary/aromatic N) is 5. The summed E-state index contributed by atoms with van der Waals surface area (Å²) in [6, 6.07) is 12.4. The predicted molar refractivity (Wildman–Crippen MR) is 105 cm³/mol. The Bertz CT molecular complexity index is 959. The van der Waals surface area contributed by atoms with E-state index in [1.165, 1.54) is 12.8 Å². The summed E-state index contributed by atoms with van der Waals surface area (Å²) in [6.45, 7) is 6.10. The van der Waals surface area contributed by atoms with E-state index in [-0.39, 0.29) is 11.2 Å². The molecule has 2 aromatic heterocycles. The summed E-state index contributed by atoms with van der Waals surface area (Å²) >= 11 is 0. The van der Waals surface area contributed by atoms with Gasteiger partial charge in [0.05, 0.1) is 16.9 Å². The van der Waals surface area contributed by atoms with Crippen molar-refractivity contribution >= 4 is 11.6 Å². The van der Waals surface area contributed by atoms with Gasteiger partial charge >= 0.3 is 0 Å². The maximum absolute atomic E-state index is 6.58. The fourth-order valence-corrected chi connectivity index (χ4v) is 4.73. The summed E-state index contributed by atoms with van der Waals surface area (Å²) in [4.78, 5) is 11.5. The molecule has 0 bridgehead atoms. The maximum atomic E-state index is 6.58. The third kappa shape index (κ3) is 2.98. The Hall–Kier alpha value is -2.47. The molecular weight excluding hydrogens is 338 g/mol. The second kappa shape index (κ2) is 6.02. The fourth-order valence-electron chi connectivity index (χ4n) is 4.73. The van der Waals surface area contributed by atoms with E-state index in [0.29, 0.717) is 5.78 Å². The average molecular weight is 363 g/mol. The van der Waals surface area contributed by atoms with E-state index >= 15 is 0 Å². The summed E-state index contributed by atoms with van der Waals surface area (Å²) in [6.07, 6.45) is 6.33. The topological polar surface area (TPSA) is 55.6 Å². The Morgan fingerprint density at radius 1 is 1.04 bits per heavy atom. The number of aromatic nitrogens is 4. The molecule has 1 aliphatic heterocycles. The number of benzene rings is 1. The lowest BCUT2D eigenvalue weighted by molar-refractivity contribution is -0.148. The van der Waals surface area contributed by atoms with Crippen molar-refractivity contribution in [2.24, 2.45) is 0 Å². The third-order valence-corrected chi connectivity index (χ3v) is 5.68. The summed E-state index contributed by atoms with van der Waals surface area (Å²) < 4.78 is 8.44. The maximum Gasteiger partial charge on any atom is 0.254 e. The van der Waals surface area contributed by atoms with Crippen molar-refractivity contribution in [1.82, 2.24) is 19.6 Å². The molecule has 1 spiro atoms. The van der Waals surface area contributed by atoms with Crippen molar-refractivity contribution in [3.05, 3.63) is 42.7 Å². The van der Waals surface area contributed by atoms with Crippen LogP contribution in [0.15, 0.2) is 42.7 Å². The van der Waals surface area contributed by atoms with Crippen molar-refractivity contribution in [2.45, 2.75) is 50.7 Å². The van der Waals surface area contributed by atoms with E-state index in [1.807, 2.05) is 22.7 Å². The second-order valence-electron chi connectivity index (χ2n) is 8.45. The second-order valence-corrected chi connectivity index (χ2v) is 8.45. The Morgan fingerprint density at radius 3 is 2.59 bits per heavy atom. The Labute approximate surface area is 159 Å². The molecule has 1 saturated heterocycles. The molecular formula is C21H25N5O. The van der Waals surface area contributed by atoms with Crippen LogP contribution in [0.5, 0.6) is 0 Å². The lowest BCUT2D eigenvalue weighted by Crippen LogP contribution is -2.59. The molecule has 140 valence electrons. The van der Waals surface area contributed by atoms with Gasteiger partial charge in [-0.15, -0.1) is 0 Å². The molecule has 3 aromatic rings. The molecule has 1 saturated carbocycles. The highest BCUT2D eigenvalue weighted by Crippen LogP contribution is 2.42.